The number of H-pyrrole nitrogens is 1. The molecule has 1 aromatic heterocycles. The van der Waals surface area contributed by atoms with Gasteiger partial charge in [-0.1, -0.05) is 0 Å². The number of hydrogen-bond acceptors (Lipinski definition) is 5. The van der Waals surface area contributed by atoms with Crippen molar-refractivity contribution in [3.8, 4) is 0 Å². The summed E-state index contributed by atoms with van der Waals surface area (Å²) in [5, 5.41) is 0. The van der Waals surface area contributed by atoms with E-state index in [4.69, 9.17) is 9.47 Å². The number of carbonyl (C=O) groups is 2. The molecule has 30 heavy (non-hydrogen) atoms. The fraction of sp³-hybridized carbons (Fsp3) is 0.739. The predicted octanol–water partition coefficient (Wildman–Crippen LogP) is 3.16. The first-order valence-corrected chi connectivity index (χ1v) is 11.2. The van der Waals surface area contributed by atoms with Crippen molar-refractivity contribution in [1.29, 1.82) is 0 Å². The zero-order valence-corrected chi connectivity index (χ0v) is 19.3. The topological polar surface area (TPSA) is 74.9 Å². The standard InChI is InChI=1S/C23H37N3O4/c1-14(2)29-23(28)20-17(5)21(24-18(20)6)22(27)26-9-7-19(8-10-26)13-25-11-15(3)30-16(4)12-25/h14-16,19,24H,7-13H2,1-6H3. The molecule has 0 aliphatic carbocycles. The number of aryl methyl sites for hydroxylation is 1. The van der Waals surface area contributed by atoms with Crippen LogP contribution in [0, 0.1) is 19.8 Å². The van der Waals surface area contributed by atoms with Gasteiger partial charge in [-0.15, -0.1) is 0 Å². The lowest BCUT2D eigenvalue weighted by molar-refractivity contribution is -0.0728. The van der Waals surface area contributed by atoms with E-state index in [-0.39, 0.29) is 30.2 Å². The Hall–Kier alpha value is -1.86. The summed E-state index contributed by atoms with van der Waals surface area (Å²) in [5.41, 5.74) is 2.36. The Kier molecular flexibility index (Phi) is 7.24. The normalized spacial score (nSPS) is 23.8. The lowest BCUT2D eigenvalue weighted by Crippen LogP contribution is -2.48. The maximum Gasteiger partial charge on any atom is 0.340 e. The Balaban J connectivity index is 1.58. The van der Waals surface area contributed by atoms with Crippen molar-refractivity contribution in [2.75, 3.05) is 32.7 Å². The summed E-state index contributed by atoms with van der Waals surface area (Å²) in [5.74, 6) is 0.212. The van der Waals surface area contributed by atoms with E-state index in [1.807, 2.05) is 32.6 Å². The first-order chi connectivity index (χ1) is 14.2. The van der Waals surface area contributed by atoms with E-state index in [1.54, 1.807) is 0 Å². The number of esters is 1. The quantitative estimate of drug-likeness (QED) is 0.742. The molecule has 3 rings (SSSR count). The summed E-state index contributed by atoms with van der Waals surface area (Å²) in [6, 6.07) is 0. The molecule has 3 heterocycles. The Morgan fingerprint density at radius 3 is 2.30 bits per heavy atom. The smallest absolute Gasteiger partial charge is 0.340 e. The first kappa shape index (κ1) is 22.8. The van der Waals surface area contributed by atoms with E-state index in [0.717, 1.165) is 45.6 Å². The van der Waals surface area contributed by atoms with Crippen LogP contribution in [0.4, 0.5) is 0 Å². The van der Waals surface area contributed by atoms with Crippen molar-refractivity contribution in [1.82, 2.24) is 14.8 Å². The molecular formula is C23H37N3O4. The molecule has 7 heteroatoms. The van der Waals surface area contributed by atoms with Crippen molar-refractivity contribution in [2.24, 2.45) is 5.92 Å². The molecule has 0 aromatic carbocycles. The van der Waals surface area contributed by atoms with Crippen LogP contribution in [-0.4, -0.2) is 77.7 Å². The van der Waals surface area contributed by atoms with E-state index < -0.39 is 0 Å². The highest BCUT2D eigenvalue weighted by Crippen LogP contribution is 2.25. The molecule has 7 nitrogen and oxygen atoms in total. The van der Waals surface area contributed by atoms with Gasteiger partial charge < -0.3 is 19.4 Å². The van der Waals surface area contributed by atoms with E-state index in [2.05, 4.69) is 23.7 Å². The van der Waals surface area contributed by atoms with E-state index in [9.17, 15) is 9.59 Å². The third kappa shape index (κ3) is 5.24. The van der Waals surface area contributed by atoms with Gasteiger partial charge in [0.05, 0.1) is 23.9 Å². The summed E-state index contributed by atoms with van der Waals surface area (Å²) < 4.78 is 11.2. The molecule has 2 fully saturated rings. The molecule has 2 atom stereocenters. The van der Waals surface area contributed by atoms with Gasteiger partial charge in [0, 0.05) is 38.4 Å². The Labute approximate surface area is 180 Å². The van der Waals surface area contributed by atoms with Gasteiger partial charge >= 0.3 is 5.97 Å². The van der Waals surface area contributed by atoms with Crippen LogP contribution in [0.2, 0.25) is 0 Å². The minimum atomic E-state index is -0.372. The van der Waals surface area contributed by atoms with E-state index in [1.165, 1.54) is 0 Å². The second-order valence-electron chi connectivity index (χ2n) is 9.29. The van der Waals surface area contributed by atoms with Crippen LogP contribution < -0.4 is 0 Å². The highest BCUT2D eigenvalue weighted by molar-refractivity contribution is 6.00. The van der Waals surface area contributed by atoms with Gasteiger partial charge in [-0.3, -0.25) is 9.69 Å². The molecule has 2 saturated heterocycles. The molecule has 1 N–H and O–H groups in total. The Bertz CT molecular complexity index is 755. The highest BCUT2D eigenvalue weighted by atomic mass is 16.5. The third-order valence-electron chi connectivity index (χ3n) is 6.11. The molecule has 1 aromatic rings. The van der Waals surface area contributed by atoms with Gasteiger partial charge in [0.25, 0.3) is 5.91 Å². The number of amides is 1. The summed E-state index contributed by atoms with van der Waals surface area (Å²) in [7, 11) is 0. The van der Waals surface area contributed by atoms with Gasteiger partial charge in [-0.25, -0.2) is 4.79 Å². The average Bonchev–Trinajstić information content (AvgIpc) is 2.94. The number of aromatic amines is 1. The number of rotatable bonds is 5. The van der Waals surface area contributed by atoms with Crippen LogP contribution >= 0.6 is 0 Å². The number of nitrogens with one attached hydrogen (secondary N) is 1. The number of nitrogens with zero attached hydrogens (tertiary/aromatic N) is 2. The third-order valence-corrected chi connectivity index (χ3v) is 6.11. The van der Waals surface area contributed by atoms with Crippen molar-refractivity contribution >= 4 is 11.9 Å². The Morgan fingerprint density at radius 1 is 1.13 bits per heavy atom. The zero-order chi connectivity index (χ0) is 22.0. The molecule has 168 valence electrons. The first-order valence-electron chi connectivity index (χ1n) is 11.2. The number of carbonyl (C=O) groups excluding carboxylic acids is 2. The molecule has 0 spiro atoms. The largest absolute Gasteiger partial charge is 0.459 e. The highest BCUT2D eigenvalue weighted by Gasteiger charge is 2.31. The molecule has 2 unspecified atom stereocenters. The maximum absolute atomic E-state index is 13.1. The number of piperidine rings is 1. The minimum absolute atomic E-state index is 0.0220. The van der Waals surface area contributed by atoms with Gasteiger partial charge in [0.15, 0.2) is 0 Å². The van der Waals surface area contributed by atoms with Gasteiger partial charge in [-0.05, 0) is 65.9 Å². The second kappa shape index (κ2) is 9.52. The average molecular weight is 420 g/mol. The SMILES string of the molecule is Cc1[nH]c(C(=O)N2CCC(CN3CC(C)OC(C)C3)CC2)c(C)c1C(=O)OC(C)C. The fourth-order valence-corrected chi connectivity index (χ4v) is 4.82. The van der Waals surface area contributed by atoms with Crippen LogP contribution in [0.15, 0.2) is 0 Å². The lowest BCUT2D eigenvalue weighted by Gasteiger charge is -2.39. The van der Waals surface area contributed by atoms with Crippen molar-refractivity contribution in [3.05, 3.63) is 22.5 Å². The number of likely N-dealkylation sites (tertiary alicyclic amines) is 1. The van der Waals surface area contributed by atoms with Gasteiger partial charge in [-0.2, -0.15) is 0 Å². The Morgan fingerprint density at radius 2 is 1.73 bits per heavy atom. The molecule has 2 aliphatic heterocycles. The summed E-state index contributed by atoms with van der Waals surface area (Å²) in [6.45, 7) is 16.1. The minimum Gasteiger partial charge on any atom is -0.459 e. The van der Waals surface area contributed by atoms with Crippen LogP contribution in [0.1, 0.15) is 72.6 Å². The molecule has 1 amide bonds. The second-order valence-corrected chi connectivity index (χ2v) is 9.29. The lowest BCUT2D eigenvalue weighted by atomic mass is 9.95. The van der Waals surface area contributed by atoms with E-state index in [0.29, 0.717) is 28.4 Å². The molecular weight excluding hydrogens is 382 g/mol. The number of ether oxygens (including phenoxy) is 2. The monoisotopic (exact) mass is 419 g/mol. The zero-order valence-electron chi connectivity index (χ0n) is 19.3. The number of hydrogen-bond donors (Lipinski definition) is 1. The predicted molar refractivity (Wildman–Crippen MR) is 116 cm³/mol. The molecule has 0 radical (unpaired) electrons. The van der Waals surface area contributed by atoms with Crippen LogP contribution in [-0.2, 0) is 9.47 Å². The van der Waals surface area contributed by atoms with Crippen molar-refractivity contribution < 1.29 is 19.1 Å². The van der Waals surface area contributed by atoms with Crippen molar-refractivity contribution in [3.63, 3.8) is 0 Å². The molecule has 0 bridgehead atoms. The number of morpholine rings is 1. The van der Waals surface area contributed by atoms with Crippen molar-refractivity contribution in [2.45, 2.75) is 72.7 Å². The summed E-state index contributed by atoms with van der Waals surface area (Å²) in [6.07, 6.45) is 2.39. The van der Waals surface area contributed by atoms with Gasteiger partial charge in [0.2, 0.25) is 0 Å². The fourth-order valence-electron chi connectivity index (χ4n) is 4.82. The molecule has 0 saturated carbocycles. The van der Waals surface area contributed by atoms with Crippen LogP contribution in [0.5, 0.6) is 0 Å². The summed E-state index contributed by atoms with van der Waals surface area (Å²) in [4.78, 5) is 33.1. The van der Waals surface area contributed by atoms with E-state index >= 15 is 0 Å². The van der Waals surface area contributed by atoms with Crippen LogP contribution in [0.25, 0.3) is 0 Å². The number of aromatic nitrogens is 1. The summed E-state index contributed by atoms with van der Waals surface area (Å²) >= 11 is 0. The van der Waals surface area contributed by atoms with Crippen LogP contribution in [0.3, 0.4) is 0 Å². The van der Waals surface area contributed by atoms with Gasteiger partial charge in [0.1, 0.15) is 5.69 Å². The molecule has 2 aliphatic rings. The maximum atomic E-state index is 13.1.